The van der Waals surface area contributed by atoms with E-state index in [0.717, 1.165) is 38.9 Å². The van der Waals surface area contributed by atoms with Crippen molar-refractivity contribution in [2.75, 3.05) is 32.8 Å². The molecule has 1 N–H and O–H groups in total. The number of ether oxygens (including phenoxy) is 1. The lowest BCUT2D eigenvalue weighted by Gasteiger charge is -2.20. The molecule has 0 heterocycles. The van der Waals surface area contributed by atoms with Gasteiger partial charge in [-0.05, 0) is 39.3 Å². The van der Waals surface area contributed by atoms with E-state index in [1.807, 2.05) is 6.92 Å². The smallest absolute Gasteiger partial charge is 0.305 e. The first-order valence-corrected chi connectivity index (χ1v) is 7.73. The number of aliphatic hydroxyl groups is 1. The van der Waals surface area contributed by atoms with Crippen LogP contribution in [0.4, 0.5) is 0 Å². The second-order valence-corrected chi connectivity index (χ2v) is 4.89. The Balaban J connectivity index is 3.35. The maximum absolute atomic E-state index is 11.1. The molecule has 0 saturated carbocycles. The summed E-state index contributed by atoms with van der Waals surface area (Å²) in [5.74, 6) is -0.0698. The van der Waals surface area contributed by atoms with Gasteiger partial charge in [0.1, 0.15) is 0 Å². The second-order valence-electron chi connectivity index (χ2n) is 4.89. The molecule has 0 atom stereocenters. The average Bonchev–Trinajstić information content (AvgIpc) is 2.38. The van der Waals surface area contributed by atoms with Gasteiger partial charge in [0, 0.05) is 13.0 Å². The van der Waals surface area contributed by atoms with Crippen molar-refractivity contribution in [3.05, 3.63) is 0 Å². The largest absolute Gasteiger partial charge is 0.466 e. The SMILES string of the molecule is CCCN(CCO)CCCCCCCC(=O)OCC. The minimum atomic E-state index is -0.0698. The summed E-state index contributed by atoms with van der Waals surface area (Å²) in [6.07, 6.45) is 7.30. The molecule has 19 heavy (non-hydrogen) atoms. The van der Waals surface area contributed by atoms with E-state index in [-0.39, 0.29) is 12.6 Å². The predicted octanol–water partition coefficient (Wildman–Crippen LogP) is 2.59. The number of nitrogens with zero attached hydrogens (tertiary/aromatic N) is 1. The van der Waals surface area contributed by atoms with Crippen LogP contribution in [0.2, 0.25) is 0 Å². The zero-order chi connectivity index (χ0) is 14.3. The minimum Gasteiger partial charge on any atom is -0.466 e. The van der Waals surface area contributed by atoms with Gasteiger partial charge in [-0.25, -0.2) is 0 Å². The maximum Gasteiger partial charge on any atom is 0.305 e. The molecule has 0 bridgehead atoms. The first-order chi connectivity index (χ1) is 9.24. The van der Waals surface area contributed by atoms with Crippen LogP contribution < -0.4 is 0 Å². The summed E-state index contributed by atoms with van der Waals surface area (Å²) in [5, 5.41) is 8.95. The Kier molecular flexibility index (Phi) is 13.4. The Hall–Kier alpha value is -0.610. The third-order valence-corrected chi connectivity index (χ3v) is 3.12. The Morgan fingerprint density at radius 3 is 2.32 bits per heavy atom. The fourth-order valence-electron chi connectivity index (χ4n) is 2.16. The van der Waals surface area contributed by atoms with Crippen molar-refractivity contribution < 1.29 is 14.6 Å². The summed E-state index contributed by atoms with van der Waals surface area (Å²) in [4.78, 5) is 13.4. The lowest BCUT2D eigenvalue weighted by Crippen LogP contribution is -2.28. The van der Waals surface area contributed by atoms with Crippen molar-refractivity contribution in [1.82, 2.24) is 4.90 Å². The monoisotopic (exact) mass is 273 g/mol. The van der Waals surface area contributed by atoms with Gasteiger partial charge in [-0.1, -0.05) is 26.2 Å². The standard InChI is InChI=1S/C15H31NO3/c1-3-11-16(13-14-17)12-9-7-5-6-8-10-15(18)19-4-2/h17H,3-14H2,1-2H3. The van der Waals surface area contributed by atoms with E-state index in [1.54, 1.807) is 0 Å². The van der Waals surface area contributed by atoms with Gasteiger partial charge in [-0.15, -0.1) is 0 Å². The third-order valence-electron chi connectivity index (χ3n) is 3.12. The summed E-state index contributed by atoms with van der Waals surface area (Å²) < 4.78 is 4.89. The van der Waals surface area contributed by atoms with E-state index in [2.05, 4.69) is 11.8 Å². The summed E-state index contributed by atoms with van der Waals surface area (Å²) >= 11 is 0. The van der Waals surface area contributed by atoms with Crippen LogP contribution in [-0.2, 0) is 9.53 Å². The van der Waals surface area contributed by atoms with E-state index >= 15 is 0 Å². The molecule has 4 nitrogen and oxygen atoms in total. The summed E-state index contributed by atoms with van der Waals surface area (Å²) in [6.45, 7) is 7.68. The van der Waals surface area contributed by atoms with Crippen LogP contribution in [-0.4, -0.2) is 48.8 Å². The van der Waals surface area contributed by atoms with Gasteiger partial charge in [0.05, 0.1) is 13.2 Å². The molecule has 114 valence electrons. The van der Waals surface area contributed by atoms with Gasteiger partial charge in [0.25, 0.3) is 0 Å². The van der Waals surface area contributed by atoms with E-state index in [0.29, 0.717) is 13.0 Å². The molecule has 0 unspecified atom stereocenters. The molecule has 0 aromatic carbocycles. The first-order valence-electron chi connectivity index (χ1n) is 7.73. The predicted molar refractivity (Wildman–Crippen MR) is 78.2 cm³/mol. The molecule has 0 spiro atoms. The van der Waals surface area contributed by atoms with Crippen molar-refractivity contribution in [2.24, 2.45) is 0 Å². The van der Waals surface area contributed by atoms with Crippen molar-refractivity contribution in [3.63, 3.8) is 0 Å². The number of carbonyl (C=O) groups excluding carboxylic acids is 1. The highest BCUT2D eigenvalue weighted by molar-refractivity contribution is 5.69. The van der Waals surface area contributed by atoms with Crippen molar-refractivity contribution in [1.29, 1.82) is 0 Å². The second kappa shape index (κ2) is 13.8. The zero-order valence-electron chi connectivity index (χ0n) is 12.7. The van der Waals surface area contributed by atoms with E-state index in [1.165, 1.54) is 19.3 Å². The molecule has 0 rings (SSSR count). The van der Waals surface area contributed by atoms with Crippen LogP contribution in [0.5, 0.6) is 0 Å². The Morgan fingerprint density at radius 1 is 1.00 bits per heavy atom. The van der Waals surface area contributed by atoms with E-state index in [9.17, 15) is 4.79 Å². The van der Waals surface area contributed by atoms with Gasteiger partial charge in [-0.3, -0.25) is 4.79 Å². The van der Waals surface area contributed by atoms with Crippen LogP contribution >= 0.6 is 0 Å². The van der Waals surface area contributed by atoms with Gasteiger partial charge in [-0.2, -0.15) is 0 Å². The topological polar surface area (TPSA) is 49.8 Å². The Morgan fingerprint density at radius 2 is 1.68 bits per heavy atom. The first kappa shape index (κ1) is 18.4. The van der Waals surface area contributed by atoms with Crippen LogP contribution in [0, 0.1) is 0 Å². The van der Waals surface area contributed by atoms with Crippen molar-refractivity contribution in [3.8, 4) is 0 Å². The molecular formula is C15H31NO3. The lowest BCUT2D eigenvalue weighted by atomic mass is 10.1. The number of unbranched alkanes of at least 4 members (excludes halogenated alkanes) is 4. The van der Waals surface area contributed by atoms with E-state index < -0.39 is 0 Å². The average molecular weight is 273 g/mol. The van der Waals surface area contributed by atoms with Gasteiger partial charge in [0.15, 0.2) is 0 Å². The van der Waals surface area contributed by atoms with Gasteiger partial charge in [0.2, 0.25) is 0 Å². The van der Waals surface area contributed by atoms with Crippen LogP contribution in [0.25, 0.3) is 0 Å². The molecule has 0 amide bonds. The quantitative estimate of drug-likeness (QED) is 0.414. The van der Waals surface area contributed by atoms with Crippen LogP contribution in [0.3, 0.4) is 0 Å². The number of esters is 1. The maximum atomic E-state index is 11.1. The van der Waals surface area contributed by atoms with Gasteiger partial charge < -0.3 is 14.7 Å². The molecule has 0 aromatic rings. The molecule has 0 aliphatic heterocycles. The zero-order valence-corrected chi connectivity index (χ0v) is 12.7. The summed E-state index contributed by atoms with van der Waals surface area (Å²) in [6, 6.07) is 0. The fraction of sp³-hybridized carbons (Fsp3) is 0.933. The third kappa shape index (κ3) is 12.2. The van der Waals surface area contributed by atoms with Crippen LogP contribution in [0.1, 0.15) is 58.8 Å². The van der Waals surface area contributed by atoms with Crippen molar-refractivity contribution in [2.45, 2.75) is 58.8 Å². The number of carbonyl (C=O) groups is 1. The number of hydrogen-bond donors (Lipinski definition) is 1. The van der Waals surface area contributed by atoms with Gasteiger partial charge >= 0.3 is 5.97 Å². The number of hydrogen-bond acceptors (Lipinski definition) is 4. The Bertz CT molecular complexity index is 204. The minimum absolute atomic E-state index is 0.0698. The molecule has 0 aromatic heterocycles. The fourth-order valence-corrected chi connectivity index (χ4v) is 2.16. The molecule has 0 aliphatic rings. The lowest BCUT2D eigenvalue weighted by molar-refractivity contribution is -0.143. The number of aliphatic hydroxyl groups excluding tert-OH is 1. The van der Waals surface area contributed by atoms with E-state index in [4.69, 9.17) is 9.84 Å². The highest BCUT2D eigenvalue weighted by Crippen LogP contribution is 2.07. The molecule has 0 fully saturated rings. The van der Waals surface area contributed by atoms with Crippen LogP contribution in [0.15, 0.2) is 0 Å². The highest BCUT2D eigenvalue weighted by Gasteiger charge is 2.03. The highest BCUT2D eigenvalue weighted by atomic mass is 16.5. The summed E-state index contributed by atoms with van der Waals surface area (Å²) in [7, 11) is 0. The molecular weight excluding hydrogens is 242 g/mol. The molecule has 0 saturated heterocycles. The van der Waals surface area contributed by atoms with Crippen molar-refractivity contribution >= 4 is 5.97 Å². The molecule has 4 heteroatoms. The Labute approximate surface area is 118 Å². The normalized spacial score (nSPS) is 10.9. The number of rotatable bonds is 13. The molecule has 0 aliphatic carbocycles. The molecule has 0 radical (unpaired) electrons. The summed E-state index contributed by atoms with van der Waals surface area (Å²) in [5.41, 5.74) is 0.